The number of likely N-dealkylation sites (N-methyl/N-ethyl adjacent to an activating group) is 1. The van der Waals surface area contributed by atoms with Crippen molar-refractivity contribution in [1.29, 1.82) is 0 Å². The predicted octanol–water partition coefficient (Wildman–Crippen LogP) is 6.06. The molecule has 1 fully saturated rings. The Morgan fingerprint density at radius 1 is 1.00 bits per heavy atom. The maximum atomic E-state index is 13.6. The summed E-state index contributed by atoms with van der Waals surface area (Å²) in [5.41, 5.74) is 7.52. The van der Waals surface area contributed by atoms with E-state index in [2.05, 4.69) is 44.3 Å². The van der Waals surface area contributed by atoms with Crippen molar-refractivity contribution in [3.63, 3.8) is 0 Å². The molecule has 0 saturated carbocycles. The normalized spacial score (nSPS) is 14.2. The van der Waals surface area contributed by atoms with E-state index in [1.165, 1.54) is 5.69 Å². The minimum absolute atomic E-state index is 0.139. The van der Waals surface area contributed by atoms with Crippen LogP contribution in [0.1, 0.15) is 12.6 Å². The highest BCUT2D eigenvalue weighted by atomic mass is 35.5. The van der Waals surface area contributed by atoms with Gasteiger partial charge in [-0.15, -0.1) is 11.3 Å². The summed E-state index contributed by atoms with van der Waals surface area (Å²) in [4.78, 5) is 33.0. The van der Waals surface area contributed by atoms with Gasteiger partial charge in [0.05, 0.1) is 16.1 Å². The molecule has 3 aromatic heterocycles. The first-order valence-electron chi connectivity index (χ1n) is 13.3. The second kappa shape index (κ2) is 11.0. The van der Waals surface area contributed by atoms with Gasteiger partial charge in [-0.3, -0.25) is 9.36 Å². The summed E-state index contributed by atoms with van der Waals surface area (Å²) in [6.45, 7) is 8.56. The first-order valence-corrected chi connectivity index (χ1v) is 14.6. The van der Waals surface area contributed by atoms with Gasteiger partial charge in [0.15, 0.2) is 0 Å². The third-order valence-electron chi connectivity index (χ3n) is 7.40. The van der Waals surface area contributed by atoms with Crippen LogP contribution in [-0.4, -0.2) is 57.6 Å². The number of benzene rings is 2. The summed E-state index contributed by atoms with van der Waals surface area (Å²) in [5.74, 6) is 0.441. The number of anilines is 3. The Bertz CT molecular complexity index is 1740. The van der Waals surface area contributed by atoms with E-state index in [9.17, 15) is 4.79 Å². The summed E-state index contributed by atoms with van der Waals surface area (Å²) in [7, 11) is 2.16. The van der Waals surface area contributed by atoms with Gasteiger partial charge in [-0.1, -0.05) is 23.7 Å². The van der Waals surface area contributed by atoms with E-state index in [4.69, 9.17) is 16.6 Å². The van der Waals surface area contributed by atoms with Crippen LogP contribution in [0.25, 0.3) is 32.6 Å². The molecule has 0 radical (unpaired) electrons. The number of aryl methyl sites for hydroxylation is 2. The Balaban J connectivity index is 1.29. The number of hydrogen-bond acceptors (Lipinski definition) is 8. The molecule has 1 aliphatic rings. The average Bonchev–Trinajstić information content (AvgIpc) is 3.39. The Labute approximate surface area is 241 Å². The fraction of sp³-hybridized carbons (Fsp3) is 0.267. The maximum Gasteiger partial charge on any atom is 0.260 e. The zero-order valence-corrected chi connectivity index (χ0v) is 24.3. The lowest BCUT2D eigenvalue weighted by Crippen LogP contribution is -2.44. The third kappa shape index (κ3) is 5.08. The summed E-state index contributed by atoms with van der Waals surface area (Å²) in [6.07, 6.45) is 1.75. The van der Waals surface area contributed by atoms with Crippen LogP contribution in [0.15, 0.2) is 65.0 Å². The number of aromatic nitrogens is 4. The van der Waals surface area contributed by atoms with Gasteiger partial charge in [0, 0.05) is 71.8 Å². The van der Waals surface area contributed by atoms with Crippen LogP contribution in [0.2, 0.25) is 5.02 Å². The molecule has 0 bridgehead atoms. The van der Waals surface area contributed by atoms with Crippen molar-refractivity contribution in [2.45, 2.75) is 20.4 Å². The molecule has 0 spiro atoms. The van der Waals surface area contributed by atoms with Gasteiger partial charge in [-0.2, -0.15) is 4.98 Å². The van der Waals surface area contributed by atoms with Crippen LogP contribution in [0, 0.1) is 6.92 Å². The smallest absolute Gasteiger partial charge is 0.260 e. The maximum absolute atomic E-state index is 13.6. The topological polar surface area (TPSA) is 79.2 Å². The second-order valence-corrected chi connectivity index (χ2v) is 11.3. The lowest BCUT2D eigenvalue weighted by atomic mass is 10.0. The first kappa shape index (κ1) is 26.4. The molecule has 204 valence electrons. The van der Waals surface area contributed by atoms with Crippen molar-refractivity contribution in [2.24, 2.45) is 0 Å². The quantitative estimate of drug-likeness (QED) is 0.265. The van der Waals surface area contributed by atoms with Gasteiger partial charge < -0.3 is 15.1 Å². The standard InChI is InChI=1S/C30H30ClN7OS/c1-4-38-28-21(15-25(29(38)39)24-10-5-20(16-26(24)31)27-19(2)33-18-40-27)17-32-30(35-28)34-22-6-8-23(9-7-22)37-13-11-36(3)12-14-37/h5-10,15-18H,4,11-14H2,1-3H3,(H,32,34,35). The highest BCUT2D eigenvalue weighted by Crippen LogP contribution is 2.34. The van der Waals surface area contributed by atoms with E-state index < -0.39 is 0 Å². The highest BCUT2D eigenvalue weighted by molar-refractivity contribution is 7.13. The Hall–Kier alpha value is -3.79. The van der Waals surface area contributed by atoms with Gasteiger partial charge in [0.1, 0.15) is 5.65 Å². The molecule has 0 amide bonds. The largest absolute Gasteiger partial charge is 0.369 e. The molecule has 10 heteroatoms. The highest BCUT2D eigenvalue weighted by Gasteiger charge is 2.17. The van der Waals surface area contributed by atoms with Crippen LogP contribution >= 0.6 is 22.9 Å². The van der Waals surface area contributed by atoms with E-state index in [-0.39, 0.29) is 5.56 Å². The number of nitrogens with one attached hydrogen (secondary N) is 1. The molecule has 4 heterocycles. The fourth-order valence-electron chi connectivity index (χ4n) is 5.11. The zero-order valence-electron chi connectivity index (χ0n) is 22.7. The fourth-order valence-corrected chi connectivity index (χ4v) is 6.19. The van der Waals surface area contributed by atoms with Gasteiger partial charge in [0.2, 0.25) is 5.95 Å². The molecule has 40 heavy (non-hydrogen) atoms. The van der Waals surface area contributed by atoms with Gasteiger partial charge in [-0.05, 0) is 62.9 Å². The Morgan fingerprint density at radius 2 is 1.77 bits per heavy atom. The van der Waals surface area contributed by atoms with E-state index in [0.717, 1.165) is 53.4 Å². The number of pyridine rings is 1. The summed E-state index contributed by atoms with van der Waals surface area (Å²) in [5, 5.41) is 4.58. The molecular weight excluding hydrogens is 542 g/mol. The third-order valence-corrected chi connectivity index (χ3v) is 8.69. The van der Waals surface area contributed by atoms with Crippen LogP contribution in [-0.2, 0) is 6.54 Å². The molecule has 0 aliphatic carbocycles. The number of halogens is 1. The molecule has 5 aromatic rings. The SMILES string of the molecule is CCn1c(=O)c(-c2ccc(-c3scnc3C)cc2Cl)cc2cnc(Nc3ccc(N4CCN(C)CC4)cc3)nc21. The minimum Gasteiger partial charge on any atom is -0.369 e. The van der Waals surface area contributed by atoms with Crippen molar-refractivity contribution in [3.8, 4) is 21.6 Å². The van der Waals surface area contributed by atoms with E-state index in [0.29, 0.717) is 34.3 Å². The number of hydrogen-bond donors (Lipinski definition) is 1. The van der Waals surface area contributed by atoms with Crippen molar-refractivity contribution < 1.29 is 0 Å². The van der Waals surface area contributed by atoms with Crippen LogP contribution in [0.3, 0.4) is 0 Å². The van der Waals surface area contributed by atoms with Gasteiger partial charge in [-0.25, -0.2) is 9.97 Å². The monoisotopic (exact) mass is 571 g/mol. The lowest BCUT2D eigenvalue weighted by molar-refractivity contribution is 0.313. The molecule has 2 aromatic carbocycles. The van der Waals surface area contributed by atoms with Gasteiger partial charge in [0.25, 0.3) is 5.56 Å². The lowest BCUT2D eigenvalue weighted by Gasteiger charge is -2.34. The number of nitrogens with zero attached hydrogens (tertiary/aromatic N) is 6. The second-order valence-electron chi connectivity index (χ2n) is 10.0. The number of piperazine rings is 1. The Morgan fingerprint density at radius 3 is 2.45 bits per heavy atom. The van der Waals surface area contributed by atoms with Crippen molar-refractivity contribution in [3.05, 3.63) is 81.3 Å². The first-order chi connectivity index (χ1) is 19.4. The molecule has 1 aliphatic heterocycles. The van der Waals surface area contributed by atoms with Crippen LogP contribution in [0.5, 0.6) is 0 Å². The summed E-state index contributed by atoms with van der Waals surface area (Å²) in [6, 6.07) is 15.9. The van der Waals surface area contributed by atoms with Crippen molar-refractivity contribution in [1.82, 2.24) is 24.4 Å². The zero-order chi connectivity index (χ0) is 27.8. The van der Waals surface area contributed by atoms with Crippen LogP contribution < -0.4 is 15.8 Å². The number of thiazole rings is 1. The molecule has 0 unspecified atom stereocenters. The summed E-state index contributed by atoms with van der Waals surface area (Å²) >= 11 is 8.30. The summed E-state index contributed by atoms with van der Waals surface area (Å²) < 4.78 is 1.67. The van der Waals surface area contributed by atoms with Crippen molar-refractivity contribution in [2.75, 3.05) is 43.4 Å². The molecular formula is C30H30ClN7OS. The van der Waals surface area contributed by atoms with E-state index in [1.807, 2.05) is 55.8 Å². The van der Waals surface area contributed by atoms with E-state index >= 15 is 0 Å². The van der Waals surface area contributed by atoms with Gasteiger partial charge >= 0.3 is 0 Å². The molecule has 6 rings (SSSR count). The van der Waals surface area contributed by atoms with Crippen molar-refractivity contribution >= 4 is 51.3 Å². The Kier molecular flexibility index (Phi) is 7.27. The molecule has 0 atom stereocenters. The molecule has 8 nitrogen and oxygen atoms in total. The average molecular weight is 572 g/mol. The van der Waals surface area contributed by atoms with Crippen LogP contribution in [0.4, 0.5) is 17.3 Å². The molecule has 1 N–H and O–H groups in total. The minimum atomic E-state index is -0.139. The number of fused-ring (bicyclic) bond motifs is 1. The predicted molar refractivity (Wildman–Crippen MR) is 165 cm³/mol. The van der Waals surface area contributed by atoms with E-state index in [1.54, 1.807) is 22.1 Å². The molecule has 1 saturated heterocycles. The number of rotatable bonds is 6.